The molecule has 0 aliphatic rings. The molecule has 1 N–H and O–H groups in total. The summed E-state index contributed by atoms with van der Waals surface area (Å²) in [4.78, 5) is 19.8. The highest BCUT2D eigenvalue weighted by molar-refractivity contribution is 6.31. The van der Waals surface area contributed by atoms with Crippen LogP contribution in [0.25, 0.3) is 0 Å². The number of nitrogens with one attached hydrogen (secondary N) is 1. The van der Waals surface area contributed by atoms with Crippen LogP contribution in [0.4, 0.5) is 5.82 Å². The Balaban J connectivity index is 2.21. The van der Waals surface area contributed by atoms with Gasteiger partial charge < -0.3 is 9.88 Å². The maximum Gasteiger partial charge on any atom is 0.273 e. The van der Waals surface area contributed by atoms with Gasteiger partial charge in [-0.05, 0) is 13.0 Å². The molecule has 0 aliphatic carbocycles. The van der Waals surface area contributed by atoms with Crippen molar-refractivity contribution in [3.8, 4) is 0 Å². The first kappa shape index (κ1) is 12.9. The summed E-state index contributed by atoms with van der Waals surface area (Å²) >= 11 is 11.6. The fourth-order valence-electron chi connectivity index (χ4n) is 1.51. The topological polar surface area (TPSA) is 59.8 Å². The number of nitrogens with zero attached hydrogens (tertiary/aromatic N) is 3. The van der Waals surface area contributed by atoms with Crippen molar-refractivity contribution in [2.24, 2.45) is 0 Å². The van der Waals surface area contributed by atoms with E-state index in [-0.39, 0.29) is 11.1 Å². The third kappa shape index (κ3) is 2.80. The Kier molecular flexibility index (Phi) is 3.84. The van der Waals surface area contributed by atoms with E-state index in [1.165, 1.54) is 12.4 Å². The van der Waals surface area contributed by atoms with Crippen molar-refractivity contribution in [1.29, 1.82) is 0 Å². The van der Waals surface area contributed by atoms with Crippen molar-refractivity contribution in [3.63, 3.8) is 0 Å². The smallest absolute Gasteiger partial charge is 0.273 e. The molecular weight excluding hydrogens is 275 g/mol. The molecule has 0 aromatic carbocycles. The Labute approximate surface area is 114 Å². The second-order valence-electron chi connectivity index (χ2n) is 3.51. The lowest BCUT2D eigenvalue weighted by Crippen LogP contribution is -2.17. The van der Waals surface area contributed by atoms with Crippen LogP contribution in [-0.2, 0) is 6.54 Å². The summed E-state index contributed by atoms with van der Waals surface area (Å²) in [6.45, 7) is 2.57. The maximum absolute atomic E-state index is 12.0. The van der Waals surface area contributed by atoms with Crippen LogP contribution in [0.5, 0.6) is 0 Å². The number of carbonyl (C=O) groups is 1. The van der Waals surface area contributed by atoms with Gasteiger partial charge in [0.25, 0.3) is 5.91 Å². The highest BCUT2D eigenvalue weighted by Crippen LogP contribution is 2.16. The molecule has 0 saturated heterocycles. The molecule has 1 amide bonds. The van der Waals surface area contributed by atoms with Gasteiger partial charge in [-0.25, -0.2) is 4.98 Å². The highest BCUT2D eigenvalue weighted by Gasteiger charge is 2.13. The minimum absolute atomic E-state index is 0.219. The number of aryl methyl sites for hydroxylation is 1. The molecule has 5 nitrogen and oxygen atoms in total. The zero-order chi connectivity index (χ0) is 13.1. The van der Waals surface area contributed by atoms with Gasteiger partial charge in [0.1, 0.15) is 10.8 Å². The van der Waals surface area contributed by atoms with Crippen LogP contribution in [0.15, 0.2) is 24.7 Å². The monoisotopic (exact) mass is 284 g/mol. The molecule has 2 rings (SSSR count). The predicted molar refractivity (Wildman–Crippen MR) is 70.1 cm³/mol. The quantitative estimate of drug-likeness (QED) is 0.943. The van der Waals surface area contributed by atoms with Gasteiger partial charge in [-0.15, -0.1) is 0 Å². The Morgan fingerprint density at radius 3 is 2.89 bits per heavy atom. The summed E-state index contributed by atoms with van der Waals surface area (Å²) < 4.78 is 1.75. The molecule has 0 unspecified atom stereocenters. The number of rotatable bonds is 3. The van der Waals surface area contributed by atoms with E-state index in [1.54, 1.807) is 16.8 Å². The molecule has 2 heterocycles. The van der Waals surface area contributed by atoms with Gasteiger partial charge in [-0.3, -0.25) is 9.78 Å². The third-order valence-corrected chi connectivity index (χ3v) is 2.67. The number of amides is 1. The molecule has 7 heteroatoms. The van der Waals surface area contributed by atoms with E-state index in [2.05, 4.69) is 15.3 Å². The number of aromatic nitrogens is 3. The summed E-state index contributed by atoms with van der Waals surface area (Å²) in [7, 11) is 0. The molecule has 0 aliphatic heterocycles. The maximum atomic E-state index is 12.0. The number of anilines is 1. The minimum atomic E-state index is -0.305. The number of hydrogen-bond donors (Lipinski definition) is 1. The van der Waals surface area contributed by atoms with E-state index in [0.717, 1.165) is 0 Å². The Morgan fingerprint density at radius 2 is 2.22 bits per heavy atom. The van der Waals surface area contributed by atoms with Gasteiger partial charge in [-0.1, -0.05) is 23.2 Å². The van der Waals surface area contributed by atoms with Gasteiger partial charge in [0.05, 0.1) is 17.4 Å². The molecule has 2 aromatic heterocycles. The first-order valence-corrected chi connectivity index (χ1v) is 6.00. The van der Waals surface area contributed by atoms with Crippen LogP contribution in [0.1, 0.15) is 17.4 Å². The predicted octanol–water partition coefficient (Wildman–Crippen LogP) is 2.86. The van der Waals surface area contributed by atoms with Gasteiger partial charge >= 0.3 is 0 Å². The van der Waals surface area contributed by atoms with Crippen molar-refractivity contribution in [1.82, 2.24) is 14.5 Å². The lowest BCUT2D eigenvalue weighted by molar-refractivity contribution is 0.101. The molecule has 0 spiro atoms. The zero-order valence-electron chi connectivity index (χ0n) is 9.52. The van der Waals surface area contributed by atoms with E-state index >= 15 is 0 Å². The summed E-state index contributed by atoms with van der Waals surface area (Å²) in [6.07, 6.45) is 4.51. The minimum Gasteiger partial charge on any atom is -0.342 e. The molecule has 0 fully saturated rings. The summed E-state index contributed by atoms with van der Waals surface area (Å²) in [5.74, 6) is -0.00667. The van der Waals surface area contributed by atoms with Crippen LogP contribution in [-0.4, -0.2) is 20.4 Å². The lowest BCUT2D eigenvalue weighted by atomic mass is 10.4. The van der Waals surface area contributed by atoms with Gasteiger partial charge in [0, 0.05) is 12.7 Å². The second kappa shape index (κ2) is 5.37. The Morgan fingerprint density at radius 1 is 1.44 bits per heavy atom. The van der Waals surface area contributed by atoms with Gasteiger partial charge in [-0.2, -0.15) is 0 Å². The van der Waals surface area contributed by atoms with Crippen molar-refractivity contribution in [3.05, 3.63) is 40.5 Å². The number of carbonyl (C=O) groups excluding carboxylic acids is 1. The Hall–Kier alpha value is -1.59. The molecule has 0 atom stereocenters. The standard InChI is InChI=1S/C11H10Cl2N4O/c1-2-17-6-7(12)3-8(17)11(18)16-10-5-14-4-9(13)15-10/h3-6H,2H2,1H3,(H,15,16,18). The van der Waals surface area contributed by atoms with E-state index < -0.39 is 0 Å². The molecule has 18 heavy (non-hydrogen) atoms. The van der Waals surface area contributed by atoms with Crippen LogP contribution < -0.4 is 5.32 Å². The fraction of sp³-hybridized carbons (Fsp3) is 0.182. The van der Waals surface area contributed by atoms with Crippen LogP contribution >= 0.6 is 23.2 Å². The van der Waals surface area contributed by atoms with Crippen molar-refractivity contribution in [2.75, 3.05) is 5.32 Å². The fourth-order valence-corrected chi connectivity index (χ4v) is 1.88. The third-order valence-electron chi connectivity index (χ3n) is 2.28. The van der Waals surface area contributed by atoms with Crippen molar-refractivity contribution >= 4 is 34.9 Å². The van der Waals surface area contributed by atoms with Crippen LogP contribution in [0.2, 0.25) is 10.2 Å². The van der Waals surface area contributed by atoms with E-state index in [9.17, 15) is 4.79 Å². The Bertz CT molecular complexity index is 582. The molecule has 94 valence electrons. The SMILES string of the molecule is CCn1cc(Cl)cc1C(=O)Nc1cncc(Cl)n1. The molecule has 0 saturated carbocycles. The van der Waals surface area contributed by atoms with E-state index in [0.29, 0.717) is 23.1 Å². The second-order valence-corrected chi connectivity index (χ2v) is 4.33. The van der Waals surface area contributed by atoms with Gasteiger partial charge in [0.2, 0.25) is 0 Å². The van der Waals surface area contributed by atoms with Crippen LogP contribution in [0, 0.1) is 0 Å². The molecule has 0 radical (unpaired) electrons. The summed E-state index contributed by atoms with van der Waals surface area (Å²) in [5, 5.41) is 3.34. The number of halogens is 2. The summed E-state index contributed by atoms with van der Waals surface area (Å²) in [6, 6.07) is 1.60. The zero-order valence-corrected chi connectivity index (χ0v) is 11.0. The highest BCUT2D eigenvalue weighted by atomic mass is 35.5. The van der Waals surface area contributed by atoms with Crippen molar-refractivity contribution in [2.45, 2.75) is 13.5 Å². The van der Waals surface area contributed by atoms with E-state index in [4.69, 9.17) is 23.2 Å². The van der Waals surface area contributed by atoms with Crippen LogP contribution in [0.3, 0.4) is 0 Å². The van der Waals surface area contributed by atoms with Crippen molar-refractivity contribution < 1.29 is 4.79 Å². The normalized spacial score (nSPS) is 10.4. The first-order chi connectivity index (χ1) is 8.60. The van der Waals surface area contributed by atoms with E-state index in [1.807, 2.05) is 6.92 Å². The first-order valence-electron chi connectivity index (χ1n) is 5.24. The average Bonchev–Trinajstić information content (AvgIpc) is 2.70. The number of hydrogen-bond acceptors (Lipinski definition) is 3. The molecule has 0 bridgehead atoms. The largest absolute Gasteiger partial charge is 0.342 e. The summed E-state index contributed by atoms with van der Waals surface area (Å²) in [5.41, 5.74) is 0.462. The molecular formula is C11H10Cl2N4O. The molecule has 2 aromatic rings. The lowest BCUT2D eigenvalue weighted by Gasteiger charge is -2.06. The average molecular weight is 285 g/mol. The van der Waals surface area contributed by atoms with Gasteiger partial charge in [0.15, 0.2) is 5.82 Å².